The van der Waals surface area contributed by atoms with E-state index in [1.165, 1.54) is 0 Å². The standard InChI is InChI=1S/C18H19ClN2O3S/c1-2-23-11-12-24-16-9-7-15(8-10-16)20-18(25)21-17(22)13-3-5-14(19)6-4-13/h3-10H,2,11-12H2,1H3,(H2,20,21,22,25). The van der Waals surface area contributed by atoms with Gasteiger partial charge in [-0.2, -0.15) is 0 Å². The highest BCUT2D eigenvalue weighted by Gasteiger charge is 2.08. The molecule has 0 aliphatic carbocycles. The summed E-state index contributed by atoms with van der Waals surface area (Å²) < 4.78 is 10.7. The summed E-state index contributed by atoms with van der Waals surface area (Å²) in [6.07, 6.45) is 0. The van der Waals surface area contributed by atoms with Crippen LogP contribution in [-0.4, -0.2) is 30.8 Å². The average Bonchev–Trinajstić information content (AvgIpc) is 2.60. The number of hydrogen-bond acceptors (Lipinski definition) is 4. The number of amides is 1. The van der Waals surface area contributed by atoms with Crippen LogP contribution in [0.3, 0.4) is 0 Å². The van der Waals surface area contributed by atoms with Gasteiger partial charge in [-0.15, -0.1) is 0 Å². The SMILES string of the molecule is CCOCCOc1ccc(NC(=S)NC(=O)c2ccc(Cl)cc2)cc1. The van der Waals surface area contributed by atoms with E-state index in [0.717, 1.165) is 11.4 Å². The molecule has 1 amide bonds. The molecule has 0 spiro atoms. The maximum absolute atomic E-state index is 12.1. The largest absolute Gasteiger partial charge is 0.491 e. The highest BCUT2D eigenvalue weighted by Crippen LogP contribution is 2.15. The highest BCUT2D eigenvalue weighted by molar-refractivity contribution is 7.80. The van der Waals surface area contributed by atoms with Crippen LogP contribution < -0.4 is 15.4 Å². The van der Waals surface area contributed by atoms with Crippen molar-refractivity contribution in [3.05, 3.63) is 59.1 Å². The predicted molar refractivity (Wildman–Crippen MR) is 104 cm³/mol. The van der Waals surface area contributed by atoms with Crippen LogP contribution >= 0.6 is 23.8 Å². The summed E-state index contributed by atoms with van der Waals surface area (Å²) >= 11 is 11.0. The quantitative estimate of drug-likeness (QED) is 0.565. The summed E-state index contributed by atoms with van der Waals surface area (Å²) in [4.78, 5) is 12.1. The van der Waals surface area contributed by atoms with Gasteiger partial charge < -0.3 is 14.8 Å². The van der Waals surface area contributed by atoms with Crippen LogP contribution in [0.1, 0.15) is 17.3 Å². The molecule has 0 heterocycles. The fourth-order valence-corrected chi connectivity index (χ4v) is 2.27. The normalized spacial score (nSPS) is 10.2. The Bertz CT molecular complexity index is 705. The first-order chi connectivity index (χ1) is 12.1. The summed E-state index contributed by atoms with van der Waals surface area (Å²) in [5.74, 6) is 0.436. The second-order valence-electron chi connectivity index (χ2n) is 4.98. The summed E-state index contributed by atoms with van der Waals surface area (Å²) in [5.41, 5.74) is 1.23. The molecule has 25 heavy (non-hydrogen) atoms. The van der Waals surface area contributed by atoms with E-state index >= 15 is 0 Å². The van der Waals surface area contributed by atoms with E-state index < -0.39 is 0 Å². The van der Waals surface area contributed by atoms with Crippen LogP contribution in [0.4, 0.5) is 5.69 Å². The first kappa shape index (κ1) is 19.2. The van der Waals surface area contributed by atoms with Gasteiger partial charge in [0.05, 0.1) is 6.61 Å². The van der Waals surface area contributed by atoms with Gasteiger partial charge in [-0.3, -0.25) is 10.1 Å². The Labute approximate surface area is 157 Å². The van der Waals surface area contributed by atoms with Crippen LogP contribution in [0.15, 0.2) is 48.5 Å². The minimum Gasteiger partial charge on any atom is -0.491 e. The number of hydrogen-bond donors (Lipinski definition) is 2. The number of rotatable bonds is 7. The number of ether oxygens (including phenoxy) is 2. The molecule has 0 aromatic heterocycles. The van der Waals surface area contributed by atoms with E-state index in [1.807, 2.05) is 31.2 Å². The lowest BCUT2D eigenvalue weighted by atomic mass is 10.2. The van der Waals surface area contributed by atoms with E-state index in [9.17, 15) is 4.79 Å². The maximum Gasteiger partial charge on any atom is 0.257 e. The van der Waals surface area contributed by atoms with E-state index in [1.54, 1.807) is 24.3 Å². The van der Waals surface area contributed by atoms with Crippen molar-refractivity contribution in [1.82, 2.24) is 5.32 Å². The Morgan fingerprint density at radius 1 is 1.08 bits per heavy atom. The number of benzene rings is 2. The zero-order valence-electron chi connectivity index (χ0n) is 13.8. The van der Waals surface area contributed by atoms with Gasteiger partial charge in [0.1, 0.15) is 12.4 Å². The molecule has 5 nitrogen and oxygen atoms in total. The third-order valence-corrected chi connectivity index (χ3v) is 3.60. The minimum atomic E-state index is -0.301. The number of thiocarbonyl (C=S) groups is 1. The minimum absolute atomic E-state index is 0.213. The first-order valence-corrected chi connectivity index (χ1v) is 8.55. The first-order valence-electron chi connectivity index (χ1n) is 7.77. The molecular weight excluding hydrogens is 360 g/mol. The van der Waals surface area contributed by atoms with E-state index in [2.05, 4.69) is 10.6 Å². The Morgan fingerprint density at radius 2 is 1.76 bits per heavy atom. The Balaban J connectivity index is 1.81. The molecule has 0 saturated carbocycles. The van der Waals surface area contributed by atoms with Gasteiger partial charge in [0.25, 0.3) is 5.91 Å². The van der Waals surface area contributed by atoms with Crippen LogP contribution in [0.25, 0.3) is 0 Å². The lowest BCUT2D eigenvalue weighted by molar-refractivity contribution is 0.0977. The second kappa shape index (κ2) is 9.98. The van der Waals surface area contributed by atoms with Gasteiger partial charge in [-0.1, -0.05) is 11.6 Å². The Hall–Kier alpha value is -2.15. The van der Waals surface area contributed by atoms with Crippen molar-refractivity contribution in [3.8, 4) is 5.75 Å². The number of anilines is 1. The summed E-state index contributed by atoms with van der Waals surface area (Å²) in [5, 5.41) is 6.35. The van der Waals surface area contributed by atoms with Crippen molar-refractivity contribution in [3.63, 3.8) is 0 Å². The van der Waals surface area contributed by atoms with E-state index in [0.29, 0.717) is 30.4 Å². The van der Waals surface area contributed by atoms with Crippen molar-refractivity contribution in [1.29, 1.82) is 0 Å². The molecule has 0 aliphatic heterocycles. The number of nitrogens with one attached hydrogen (secondary N) is 2. The van der Waals surface area contributed by atoms with Crippen LogP contribution in [-0.2, 0) is 4.74 Å². The predicted octanol–water partition coefficient (Wildman–Crippen LogP) is 3.88. The summed E-state index contributed by atoms with van der Waals surface area (Å²) in [6, 6.07) is 13.8. The maximum atomic E-state index is 12.1. The molecule has 132 valence electrons. The molecule has 7 heteroatoms. The van der Waals surface area contributed by atoms with Crippen LogP contribution in [0.5, 0.6) is 5.75 Å². The van der Waals surface area contributed by atoms with Gasteiger partial charge >= 0.3 is 0 Å². The fourth-order valence-electron chi connectivity index (χ4n) is 1.94. The zero-order valence-corrected chi connectivity index (χ0v) is 15.3. The van der Waals surface area contributed by atoms with Gasteiger partial charge in [0.15, 0.2) is 5.11 Å². The topological polar surface area (TPSA) is 59.6 Å². The second-order valence-corrected chi connectivity index (χ2v) is 5.83. The van der Waals surface area contributed by atoms with Crippen molar-refractivity contribution in [2.75, 3.05) is 25.1 Å². The highest BCUT2D eigenvalue weighted by atomic mass is 35.5. The monoisotopic (exact) mass is 378 g/mol. The van der Waals surface area contributed by atoms with E-state index in [-0.39, 0.29) is 11.0 Å². The lowest BCUT2D eigenvalue weighted by Gasteiger charge is -2.11. The van der Waals surface area contributed by atoms with Gasteiger partial charge in [0, 0.05) is 22.9 Å². The van der Waals surface area contributed by atoms with Gasteiger partial charge in [0.2, 0.25) is 0 Å². The third kappa shape index (κ3) is 6.70. The number of carbonyl (C=O) groups is 1. The summed E-state index contributed by atoms with van der Waals surface area (Å²) in [7, 11) is 0. The van der Waals surface area contributed by atoms with E-state index in [4.69, 9.17) is 33.3 Å². The molecule has 0 atom stereocenters. The molecule has 2 aromatic carbocycles. The van der Waals surface area contributed by atoms with Gasteiger partial charge in [-0.05, 0) is 67.7 Å². The molecule has 0 bridgehead atoms. The zero-order chi connectivity index (χ0) is 18.1. The molecule has 0 unspecified atom stereocenters. The smallest absolute Gasteiger partial charge is 0.257 e. The lowest BCUT2D eigenvalue weighted by Crippen LogP contribution is -2.34. The molecule has 2 aromatic rings. The molecular formula is C18H19ClN2O3S. The molecule has 2 N–H and O–H groups in total. The molecule has 2 rings (SSSR count). The van der Waals surface area contributed by atoms with Crippen LogP contribution in [0, 0.1) is 0 Å². The summed E-state index contributed by atoms with van der Waals surface area (Å²) in [6.45, 7) is 3.66. The van der Waals surface area contributed by atoms with Crippen molar-refractivity contribution < 1.29 is 14.3 Å². The van der Waals surface area contributed by atoms with Crippen molar-refractivity contribution in [2.24, 2.45) is 0 Å². The number of carbonyl (C=O) groups excluding carboxylic acids is 1. The molecule has 0 fully saturated rings. The molecule has 0 saturated heterocycles. The van der Waals surface area contributed by atoms with Gasteiger partial charge in [-0.25, -0.2) is 0 Å². The fraction of sp³-hybridized carbons (Fsp3) is 0.222. The van der Waals surface area contributed by atoms with Crippen molar-refractivity contribution >= 4 is 40.5 Å². The molecule has 0 aliphatic rings. The van der Waals surface area contributed by atoms with Crippen LogP contribution in [0.2, 0.25) is 5.02 Å². The average molecular weight is 379 g/mol. The molecule has 0 radical (unpaired) electrons. The van der Waals surface area contributed by atoms with Crippen molar-refractivity contribution in [2.45, 2.75) is 6.92 Å². The number of halogens is 1. The Kier molecular flexibility index (Phi) is 7.66. The third-order valence-electron chi connectivity index (χ3n) is 3.15. The Morgan fingerprint density at radius 3 is 2.40 bits per heavy atom.